The lowest BCUT2D eigenvalue weighted by Crippen LogP contribution is -2.11. The zero-order valence-electron chi connectivity index (χ0n) is 15.1. The first kappa shape index (κ1) is 20.6. The summed E-state index contributed by atoms with van der Waals surface area (Å²) in [5.41, 5.74) is -0.274. The number of aromatic carboxylic acids is 1. The van der Waals surface area contributed by atoms with Gasteiger partial charge in [0.25, 0.3) is 0 Å². The van der Waals surface area contributed by atoms with Crippen LogP contribution in [-0.4, -0.2) is 43.1 Å². The van der Waals surface area contributed by atoms with E-state index in [9.17, 15) is 18.3 Å². The molecule has 0 aliphatic rings. The first-order valence-electron chi connectivity index (χ1n) is 8.37. The Bertz CT molecular complexity index is 887. The normalized spacial score (nSPS) is 11.4. The van der Waals surface area contributed by atoms with Crippen LogP contribution in [0.5, 0.6) is 17.2 Å². The molecule has 0 atom stereocenters. The van der Waals surface area contributed by atoms with Crippen LogP contribution in [-0.2, 0) is 9.84 Å². The number of carboxylic acid groups (broad SMARTS) is 1. The Morgan fingerprint density at radius 3 is 2.30 bits per heavy atom. The number of ether oxygens (including phenoxy) is 2. The summed E-state index contributed by atoms with van der Waals surface area (Å²) in [6, 6.07) is 10.1. The maximum atomic E-state index is 12.4. The van der Waals surface area contributed by atoms with Gasteiger partial charge in [0.1, 0.15) is 22.8 Å². The molecular formula is C19H22O7S. The van der Waals surface area contributed by atoms with Gasteiger partial charge in [-0.05, 0) is 62.7 Å². The highest BCUT2D eigenvalue weighted by Crippen LogP contribution is 2.23. The summed E-state index contributed by atoms with van der Waals surface area (Å²) in [4.78, 5) is 11.2. The van der Waals surface area contributed by atoms with Crippen molar-refractivity contribution in [3.05, 3.63) is 48.0 Å². The third-order valence-electron chi connectivity index (χ3n) is 3.58. The van der Waals surface area contributed by atoms with Gasteiger partial charge in [-0.25, -0.2) is 13.2 Å². The molecule has 0 bridgehead atoms. The summed E-state index contributed by atoms with van der Waals surface area (Å²) in [7, 11) is -3.46. The molecule has 146 valence electrons. The number of carbonyl (C=O) groups is 1. The molecule has 2 aromatic rings. The summed E-state index contributed by atoms with van der Waals surface area (Å²) in [5, 5.41) is 18.4. The lowest BCUT2D eigenvalue weighted by atomic mass is 10.2. The molecule has 0 aromatic heterocycles. The van der Waals surface area contributed by atoms with Crippen LogP contribution >= 0.6 is 0 Å². The van der Waals surface area contributed by atoms with Gasteiger partial charge in [0.2, 0.25) is 0 Å². The van der Waals surface area contributed by atoms with E-state index in [2.05, 4.69) is 0 Å². The number of carboxylic acids is 1. The van der Waals surface area contributed by atoms with Gasteiger partial charge in [-0.15, -0.1) is 0 Å². The molecule has 0 aliphatic carbocycles. The monoisotopic (exact) mass is 394 g/mol. The predicted molar refractivity (Wildman–Crippen MR) is 99.4 cm³/mol. The minimum absolute atomic E-state index is 0.00569. The fourth-order valence-electron chi connectivity index (χ4n) is 2.33. The first-order valence-corrected chi connectivity index (χ1v) is 10.0. The molecule has 8 heteroatoms. The minimum Gasteiger partial charge on any atom is -0.507 e. The van der Waals surface area contributed by atoms with Crippen molar-refractivity contribution in [2.45, 2.75) is 31.3 Å². The minimum atomic E-state index is -3.46. The van der Waals surface area contributed by atoms with Crippen LogP contribution in [0.3, 0.4) is 0 Å². The van der Waals surface area contributed by atoms with Crippen molar-refractivity contribution in [2.75, 3.05) is 12.4 Å². The van der Waals surface area contributed by atoms with E-state index in [0.717, 1.165) is 0 Å². The van der Waals surface area contributed by atoms with E-state index in [1.807, 2.05) is 13.8 Å². The maximum Gasteiger partial charge on any atom is 0.339 e. The van der Waals surface area contributed by atoms with Crippen LogP contribution in [0.2, 0.25) is 0 Å². The third kappa shape index (κ3) is 5.89. The molecule has 0 radical (unpaired) electrons. The Hall–Kier alpha value is -2.74. The molecule has 2 rings (SSSR count). The molecule has 7 nitrogen and oxygen atoms in total. The van der Waals surface area contributed by atoms with Gasteiger partial charge >= 0.3 is 5.97 Å². The van der Waals surface area contributed by atoms with Gasteiger partial charge in [-0.1, -0.05) is 0 Å². The Kier molecular flexibility index (Phi) is 6.68. The highest BCUT2D eigenvalue weighted by Gasteiger charge is 2.15. The highest BCUT2D eigenvalue weighted by atomic mass is 32.2. The highest BCUT2D eigenvalue weighted by molar-refractivity contribution is 7.91. The molecule has 2 aromatic carbocycles. The van der Waals surface area contributed by atoms with Gasteiger partial charge in [-0.3, -0.25) is 0 Å². The van der Waals surface area contributed by atoms with Gasteiger partial charge in [-0.2, -0.15) is 0 Å². The summed E-state index contributed by atoms with van der Waals surface area (Å²) in [6.07, 6.45) is 0.238. The number of benzene rings is 2. The van der Waals surface area contributed by atoms with Crippen LogP contribution in [0.4, 0.5) is 0 Å². The zero-order chi connectivity index (χ0) is 20.0. The van der Waals surface area contributed by atoms with Gasteiger partial charge in [0.15, 0.2) is 9.84 Å². The summed E-state index contributed by atoms with van der Waals surface area (Å²) in [5.74, 6) is -0.888. The molecule has 0 spiro atoms. The van der Waals surface area contributed by atoms with E-state index in [1.165, 1.54) is 30.3 Å². The maximum absolute atomic E-state index is 12.4. The summed E-state index contributed by atoms with van der Waals surface area (Å²) < 4.78 is 35.6. The number of sulfone groups is 1. The summed E-state index contributed by atoms with van der Waals surface area (Å²) in [6.45, 7) is 3.87. The molecule has 0 saturated carbocycles. The number of aromatic hydroxyl groups is 1. The SMILES string of the molecule is CC(C)Oc1ccc(S(=O)(=O)CCCOc2ccc(O)c(C(=O)O)c2)cc1. The van der Waals surface area contributed by atoms with Crippen LogP contribution in [0.15, 0.2) is 47.4 Å². The van der Waals surface area contributed by atoms with Crippen molar-refractivity contribution in [3.8, 4) is 17.2 Å². The third-order valence-corrected chi connectivity index (χ3v) is 5.40. The molecule has 0 saturated heterocycles. The molecule has 0 fully saturated rings. The molecule has 0 amide bonds. The number of hydrogen-bond acceptors (Lipinski definition) is 6. The lowest BCUT2D eigenvalue weighted by molar-refractivity contribution is 0.0693. The Labute approximate surface area is 158 Å². The average Bonchev–Trinajstić information content (AvgIpc) is 2.59. The number of hydrogen-bond donors (Lipinski definition) is 2. The van der Waals surface area contributed by atoms with Crippen molar-refractivity contribution in [1.82, 2.24) is 0 Å². The van der Waals surface area contributed by atoms with Gasteiger partial charge < -0.3 is 19.7 Å². The molecule has 2 N–H and O–H groups in total. The Balaban J connectivity index is 1.90. The molecular weight excluding hydrogens is 372 g/mol. The van der Waals surface area contributed by atoms with E-state index in [4.69, 9.17) is 14.6 Å². The summed E-state index contributed by atoms with van der Waals surface area (Å²) >= 11 is 0. The van der Waals surface area contributed by atoms with Crippen molar-refractivity contribution in [2.24, 2.45) is 0 Å². The smallest absolute Gasteiger partial charge is 0.339 e. The van der Waals surface area contributed by atoms with Gasteiger partial charge in [0.05, 0.1) is 23.4 Å². The van der Waals surface area contributed by atoms with Crippen LogP contribution < -0.4 is 9.47 Å². The van der Waals surface area contributed by atoms with Crippen molar-refractivity contribution in [3.63, 3.8) is 0 Å². The van der Waals surface area contributed by atoms with E-state index in [0.29, 0.717) is 5.75 Å². The number of phenols is 1. The molecule has 0 aliphatic heterocycles. The fraction of sp³-hybridized carbons (Fsp3) is 0.316. The van der Waals surface area contributed by atoms with Crippen LogP contribution in [0.1, 0.15) is 30.6 Å². The largest absolute Gasteiger partial charge is 0.507 e. The molecule has 27 heavy (non-hydrogen) atoms. The van der Waals surface area contributed by atoms with Crippen molar-refractivity contribution in [1.29, 1.82) is 0 Å². The Morgan fingerprint density at radius 1 is 1.07 bits per heavy atom. The van der Waals surface area contributed by atoms with Gasteiger partial charge in [0, 0.05) is 0 Å². The second kappa shape index (κ2) is 8.77. The van der Waals surface area contributed by atoms with Crippen molar-refractivity contribution >= 4 is 15.8 Å². The van der Waals surface area contributed by atoms with E-state index < -0.39 is 15.8 Å². The molecule has 0 heterocycles. The lowest BCUT2D eigenvalue weighted by Gasteiger charge is -2.11. The quantitative estimate of drug-likeness (QED) is 0.629. The van der Waals surface area contributed by atoms with Crippen LogP contribution in [0, 0.1) is 0 Å². The fourth-order valence-corrected chi connectivity index (χ4v) is 3.62. The Morgan fingerprint density at radius 2 is 1.70 bits per heavy atom. The predicted octanol–water partition coefficient (Wildman–Crippen LogP) is 3.12. The van der Waals surface area contributed by atoms with Crippen molar-refractivity contribution < 1.29 is 32.9 Å². The van der Waals surface area contributed by atoms with E-state index in [1.54, 1.807) is 12.1 Å². The average molecular weight is 394 g/mol. The zero-order valence-corrected chi connectivity index (χ0v) is 15.9. The standard InChI is InChI=1S/C19H22O7S/c1-13(2)26-14-4-7-16(8-5-14)27(23,24)11-3-10-25-15-6-9-18(20)17(12-15)19(21)22/h4-9,12-13,20H,3,10-11H2,1-2H3,(H,21,22). The second-order valence-corrected chi connectivity index (χ2v) is 8.25. The number of rotatable bonds is 9. The van der Waals surface area contributed by atoms with Crippen LogP contribution in [0.25, 0.3) is 0 Å². The molecule has 0 unspecified atom stereocenters. The topological polar surface area (TPSA) is 110 Å². The van der Waals surface area contributed by atoms with E-state index >= 15 is 0 Å². The second-order valence-electron chi connectivity index (χ2n) is 6.14. The van der Waals surface area contributed by atoms with E-state index in [-0.39, 0.29) is 46.8 Å². The first-order chi connectivity index (χ1) is 12.7.